The van der Waals surface area contributed by atoms with Crippen LogP contribution in [0.25, 0.3) is 0 Å². The molecule has 0 saturated carbocycles. The zero-order chi connectivity index (χ0) is 24.0. The molecule has 178 valence electrons. The van der Waals surface area contributed by atoms with Crippen LogP contribution >= 0.6 is 0 Å². The molecular formula is C25H34N4O4. The lowest BCUT2D eigenvalue weighted by Gasteiger charge is -2.31. The number of benzene rings is 2. The predicted molar refractivity (Wildman–Crippen MR) is 130 cm³/mol. The minimum Gasteiger partial charge on any atom is -0.493 e. The topological polar surface area (TPSA) is 107 Å². The van der Waals surface area contributed by atoms with E-state index in [0.717, 1.165) is 48.3 Å². The van der Waals surface area contributed by atoms with E-state index in [1.807, 2.05) is 43.3 Å². The molecule has 33 heavy (non-hydrogen) atoms. The quantitative estimate of drug-likeness (QED) is 0.459. The molecule has 0 aromatic heterocycles. The monoisotopic (exact) mass is 454 g/mol. The molecule has 8 nitrogen and oxygen atoms in total. The van der Waals surface area contributed by atoms with E-state index >= 15 is 0 Å². The van der Waals surface area contributed by atoms with Gasteiger partial charge in [0.1, 0.15) is 0 Å². The van der Waals surface area contributed by atoms with Crippen LogP contribution in [0, 0.1) is 5.41 Å². The fourth-order valence-corrected chi connectivity index (χ4v) is 4.12. The highest BCUT2D eigenvalue weighted by molar-refractivity contribution is 6.12. The summed E-state index contributed by atoms with van der Waals surface area (Å²) in [6.45, 7) is 3.58. The molecule has 0 bridgehead atoms. The van der Waals surface area contributed by atoms with Gasteiger partial charge in [-0.1, -0.05) is 12.1 Å². The number of nitrogens with zero attached hydrogens (tertiary/aromatic N) is 1. The average molecular weight is 455 g/mol. The molecule has 2 aromatic rings. The minimum atomic E-state index is -0.250. The molecule has 2 amide bonds. The van der Waals surface area contributed by atoms with Crippen LogP contribution in [-0.2, 0) is 6.42 Å². The maximum atomic E-state index is 11.7. The summed E-state index contributed by atoms with van der Waals surface area (Å²) in [7, 11) is 4.73. The van der Waals surface area contributed by atoms with Crippen molar-refractivity contribution >= 4 is 17.4 Å². The molecule has 0 unspecified atom stereocenters. The van der Waals surface area contributed by atoms with Crippen molar-refractivity contribution in [1.29, 1.82) is 5.41 Å². The van der Waals surface area contributed by atoms with E-state index in [4.69, 9.17) is 14.9 Å². The van der Waals surface area contributed by atoms with Crippen LogP contribution in [0.2, 0.25) is 0 Å². The Morgan fingerprint density at radius 3 is 2.33 bits per heavy atom. The number of anilines is 1. The Labute approximate surface area is 195 Å². The first-order valence-corrected chi connectivity index (χ1v) is 11.2. The number of hydrogen-bond donors (Lipinski definition) is 4. The Bertz CT molecular complexity index is 969. The minimum absolute atomic E-state index is 0.147. The van der Waals surface area contributed by atoms with Gasteiger partial charge in [0.2, 0.25) is 0 Å². The Morgan fingerprint density at radius 1 is 1.15 bits per heavy atom. The number of rotatable bonds is 8. The number of hydrogen-bond acceptors (Lipinski definition) is 6. The fraction of sp³-hybridized carbons (Fsp3) is 0.440. The fourth-order valence-electron chi connectivity index (χ4n) is 4.12. The zero-order valence-corrected chi connectivity index (χ0v) is 19.8. The summed E-state index contributed by atoms with van der Waals surface area (Å²) in [6, 6.07) is 11.3. The standard InChI is InChI=1S/C25H34N4O4/c1-16(28-25(31)27-2)13-18-14-22(32-3)23(33-4)15-21(18)24(26)17-5-7-19(8-6-17)29-11-9-20(30)10-12-29/h5-8,14-16,20,26,30H,9-13H2,1-4H3,(H2,27,28,31)/t16-/m0/s1. The van der Waals surface area contributed by atoms with E-state index in [0.29, 0.717) is 23.6 Å². The second-order valence-electron chi connectivity index (χ2n) is 8.33. The lowest BCUT2D eigenvalue weighted by Crippen LogP contribution is -2.40. The summed E-state index contributed by atoms with van der Waals surface area (Å²) in [6.07, 6.45) is 1.86. The zero-order valence-electron chi connectivity index (χ0n) is 19.8. The molecule has 1 aliphatic rings. The molecule has 1 atom stereocenters. The summed E-state index contributed by atoms with van der Waals surface area (Å²) in [4.78, 5) is 14.0. The number of aliphatic hydroxyl groups excluding tert-OH is 1. The van der Waals surface area contributed by atoms with Gasteiger partial charge in [0.15, 0.2) is 11.5 Å². The number of urea groups is 1. The third kappa shape index (κ3) is 5.96. The predicted octanol–water partition coefficient (Wildman–Crippen LogP) is 2.94. The largest absolute Gasteiger partial charge is 0.493 e. The van der Waals surface area contributed by atoms with Crippen molar-refractivity contribution in [3.05, 3.63) is 53.1 Å². The second kappa shape index (κ2) is 11.0. The summed E-state index contributed by atoms with van der Waals surface area (Å²) in [5.74, 6) is 1.13. The highest BCUT2D eigenvalue weighted by atomic mass is 16.5. The van der Waals surface area contributed by atoms with Gasteiger partial charge in [0.05, 0.1) is 26.0 Å². The van der Waals surface area contributed by atoms with E-state index in [1.165, 1.54) is 0 Å². The molecular weight excluding hydrogens is 420 g/mol. The molecule has 3 rings (SSSR count). The molecule has 1 aliphatic heterocycles. The molecule has 4 N–H and O–H groups in total. The number of carbonyl (C=O) groups is 1. The van der Waals surface area contributed by atoms with E-state index in [-0.39, 0.29) is 18.2 Å². The van der Waals surface area contributed by atoms with E-state index < -0.39 is 0 Å². The number of methoxy groups -OCH3 is 2. The van der Waals surface area contributed by atoms with Crippen molar-refractivity contribution in [3.8, 4) is 11.5 Å². The highest BCUT2D eigenvalue weighted by Gasteiger charge is 2.20. The van der Waals surface area contributed by atoms with Crippen LogP contribution in [0.3, 0.4) is 0 Å². The van der Waals surface area contributed by atoms with Crippen LogP contribution in [0.4, 0.5) is 10.5 Å². The average Bonchev–Trinajstić information content (AvgIpc) is 2.83. The molecule has 1 fully saturated rings. The summed E-state index contributed by atoms with van der Waals surface area (Å²) < 4.78 is 11.0. The van der Waals surface area contributed by atoms with Gasteiger partial charge in [-0.25, -0.2) is 4.79 Å². The lowest BCUT2D eigenvalue weighted by atomic mass is 9.93. The maximum Gasteiger partial charge on any atom is 0.314 e. The number of nitrogens with one attached hydrogen (secondary N) is 3. The molecule has 0 spiro atoms. The Morgan fingerprint density at radius 2 is 1.76 bits per heavy atom. The van der Waals surface area contributed by atoms with Crippen molar-refractivity contribution in [1.82, 2.24) is 10.6 Å². The third-order valence-electron chi connectivity index (χ3n) is 5.99. The van der Waals surface area contributed by atoms with Gasteiger partial charge in [-0.05, 0) is 56.0 Å². The van der Waals surface area contributed by atoms with Gasteiger partial charge in [-0.3, -0.25) is 5.41 Å². The number of ether oxygens (including phenoxy) is 2. The van der Waals surface area contributed by atoms with Crippen molar-refractivity contribution in [2.24, 2.45) is 0 Å². The molecule has 0 radical (unpaired) electrons. The number of carbonyl (C=O) groups excluding carboxylic acids is 1. The summed E-state index contributed by atoms with van der Waals surface area (Å²) in [5, 5.41) is 24.1. The van der Waals surface area contributed by atoms with Gasteiger partial charge in [0, 0.05) is 43.0 Å². The molecule has 2 aromatic carbocycles. The van der Waals surface area contributed by atoms with Gasteiger partial charge in [0.25, 0.3) is 0 Å². The molecule has 1 saturated heterocycles. The van der Waals surface area contributed by atoms with Gasteiger partial charge < -0.3 is 30.1 Å². The highest BCUT2D eigenvalue weighted by Crippen LogP contribution is 2.33. The second-order valence-corrected chi connectivity index (χ2v) is 8.33. The van der Waals surface area contributed by atoms with Crippen LogP contribution in [0.1, 0.15) is 36.5 Å². The molecule has 0 aliphatic carbocycles. The van der Waals surface area contributed by atoms with E-state index in [2.05, 4.69) is 15.5 Å². The summed E-state index contributed by atoms with van der Waals surface area (Å²) >= 11 is 0. The van der Waals surface area contributed by atoms with Crippen molar-refractivity contribution in [2.45, 2.75) is 38.3 Å². The first-order valence-electron chi connectivity index (χ1n) is 11.2. The first kappa shape index (κ1) is 24.4. The molecule has 1 heterocycles. The van der Waals surface area contributed by atoms with Crippen molar-refractivity contribution in [3.63, 3.8) is 0 Å². The lowest BCUT2D eigenvalue weighted by molar-refractivity contribution is 0.145. The van der Waals surface area contributed by atoms with Crippen LogP contribution in [0.15, 0.2) is 36.4 Å². The number of aliphatic hydroxyl groups is 1. The first-order chi connectivity index (χ1) is 15.9. The van der Waals surface area contributed by atoms with Crippen molar-refractivity contribution < 1.29 is 19.4 Å². The normalized spacial score (nSPS) is 15.0. The molecule has 8 heteroatoms. The van der Waals surface area contributed by atoms with Crippen LogP contribution < -0.4 is 25.0 Å². The SMILES string of the molecule is CNC(=O)N[C@@H](C)Cc1cc(OC)c(OC)cc1C(=N)c1ccc(N2CCC(O)CC2)cc1. The van der Waals surface area contributed by atoms with Crippen LogP contribution in [-0.4, -0.2) is 63.4 Å². The van der Waals surface area contributed by atoms with Gasteiger partial charge in [-0.2, -0.15) is 0 Å². The third-order valence-corrected chi connectivity index (χ3v) is 5.99. The van der Waals surface area contributed by atoms with E-state index in [9.17, 15) is 9.90 Å². The maximum absolute atomic E-state index is 11.7. The number of piperidine rings is 1. The number of amides is 2. The smallest absolute Gasteiger partial charge is 0.314 e. The Hall–Kier alpha value is -3.26. The van der Waals surface area contributed by atoms with Crippen LogP contribution in [0.5, 0.6) is 11.5 Å². The van der Waals surface area contributed by atoms with Gasteiger partial charge >= 0.3 is 6.03 Å². The summed E-state index contributed by atoms with van der Waals surface area (Å²) in [5.41, 5.74) is 3.87. The van der Waals surface area contributed by atoms with E-state index in [1.54, 1.807) is 21.3 Å². The van der Waals surface area contributed by atoms with Crippen molar-refractivity contribution in [2.75, 3.05) is 39.3 Å². The Kier molecular flexibility index (Phi) is 8.16. The van der Waals surface area contributed by atoms with Gasteiger partial charge in [-0.15, -0.1) is 0 Å². The Balaban J connectivity index is 1.87.